The van der Waals surface area contributed by atoms with Gasteiger partial charge >= 0.3 is 0 Å². The Kier molecular flexibility index (Phi) is 5.04. The molecule has 2 aromatic heterocycles. The molecule has 30 heavy (non-hydrogen) atoms. The number of nitrogens with zero attached hydrogens (tertiary/aromatic N) is 5. The van der Waals surface area contributed by atoms with Crippen LogP contribution in [0.2, 0.25) is 0 Å². The van der Waals surface area contributed by atoms with Gasteiger partial charge in [-0.25, -0.2) is 18.5 Å². The van der Waals surface area contributed by atoms with Crippen LogP contribution in [0.4, 0.5) is 5.82 Å². The fraction of sp³-hybridized carbons (Fsp3) is 0.368. The number of benzene rings is 1. The maximum absolute atomic E-state index is 12.1. The highest BCUT2D eigenvalue weighted by atomic mass is 32.2. The molecule has 0 saturated carbocycles. The van der Waals surface area contributed by atoms with Gasteiger partial charge in [0.1, 0.15) is 5.82 Å². The summed E-state index contributed by atoms with van der Waals surface area (Å²) >= 11 is 0. The molecule has 0 bridgehead atoms. The number of pyridine rings is 1. The van der Waals surface area contributed by atoms with Crippen molar-refractivity contribution in [3.8, 4) is 22.5 Å². The van der Waals surface area contributed by atoms with Crippen LogP contribution in [0.1, 0.15) is 20.3 Å². The Morgan fingerprint density at radius 1 is 1.27 bits per heavy atom. The second-order valence-corrected chi connectivity index (χ2v) is 9.48. The number of rotatable bonds is 5. The Hall–Kier alpha value is -2.89. The molecule has 1 unspecified atom stereocenters. The van der Waals surface area contributed by atoms with Crippen molar-refractivity contribution in [3.05, 3.63) is 36.5 Å². The van der Waals surface area contributed by atoms with Gasteiger partial charge in [0, 0.05) is 30.8 Å². The quantitative estimate of drug-likeness (QED) is 0.547. The van der Waals surface area contributed by atoms with Crippen molar-refractivity contribution in [2.45, 2.75) is 30.8 Å². The van der Waals surface area contributed by atoms with Crippen molar-refractivity contribution < 1.29 is 13.5 Å². The number of tetrazole rings is 1. The van der Waals surface area contributed by atoms with E-state index >= 15 is 0 Å². The minimum Gasteiger partial charge on any atom is -0.390 e. The third kappa shape index (κ3) is 3.91. The Bertz CT molecular complexity index is 1140. The summed E-state index contributed by atoms with van der Waals surface area (Å²) in [6.45, 7) is 5.20. The summed E-state index contributed by atoms with van der Waals surface area (Å²) in [6.07, 6.45) is 2.57. The number of anilines is 1. The zero-order valence-electron chi connectivity index (χ0n) is 16.6. The van der Waals surface area contributed by atoms with Gasteiger partial charge in [-0.05, 0) is 49.2 Å². The normalized spacial score (nSPS) is 17.5. The van der Waals surface area contributed by atoms with Gasteiger partial charge < -0.3 is 10.0 Å². The number of aliphatic hydroxyl groups is 1. The topological polar surface area (TPSA) is 151 Å². The van der Waals surface area contributed by atoms with Crippen LogP contribution in [0.15, 0.2) is 41.4 Å². The summed E-state index contributed by atoms with van der Waals surface area (Å²) in [5.74, 6) is 1.11. The number of nitrogens with one attached hydrogen (secondary N) is 1. The van der Waals surface area contributed by atoms with Crippen LogP contribution >= 0.6 is 0 Å². The van der Waals surface area contributed by atoms with Gasteiger partial charge in [-0.1, -0.05) is 12.1 Å². The van der Waals surface area contributed by atoms with E-state index in [-0.39, 0.29) is 22.2 Å². The summed E-state index contributed by atoms with van der Waals surface area (Å²) in [4.78, 5) is 6.61. The van der Waals surface area contributed by atoms with E-state index in [1.54, 1.807) is 18.3 Å². The lowest BCUT2D eigenvalue weighted by Crippen LogP contribution is -2.33. The number of H-pyrrole nitrogens is 1. The Labute approximate surface area is 174 Å². The first-order valence-electron chi connectivity index (χ1n) is 9.48. The molecular formula is C19H23N7O3S. The van der Waals surface area contributed by atoms with E-state index < -0.39 is 15.6 Å². The Morgan fingerprint density at radius 2 is 2.07 bits per heavy atom. The van der Waals surface area contributed by atoms with Crippen LogP contribution in [0.3, 0.4) is 0 Å². The second kappa shape index (κ2) is 7.42. The Morgan fingerprint density at radius 3 is 2.63 bits per heavy atom. The van der Waals surface area contributed by atoms with Gasteiger partial charge in [-0.3, -0.25) is 0 Å². The van der Waals surface area contributed by atoms with E-state index in [4.69, 9.17) is 5.14 Å². The number of primary sulfonamides is 1. The van der Waals surface area contributed by atoms with Gasteiger partial charge in [0.2, 0.25) is 15.8 Å². The van der Waals surface area contributed by atoms with E-state index in [2.05, 4.69) is 30.5 Å². The zero-order valence-corrected chi connectivity index (χ0v) is 17.5. The van der Waals surface area contributed by atoms with E-state index in [0.29, 0.717) is 11.1 Å². The van der Waals surface area contributed by atoms with Crippen molar-refractivity contribution in [1.29, 1.82) is 0 Å². The monoisotopic (exact) mass is 429 g/mol. The van der Waals surface area contributed by atoms with Gasteiger partial charge in [0.15, 0.2) is 0 Å². The number of nitrogens with two attached hydrogens (primary N) is 1. The number of hydrogen-bond donors (Lipinski definition) is 3. The molecule has 1 atom stereocenters. The second-order valence-electron chi connectivity index (χ2n) is 7.95. The Balaban J connectivity index is 1.71. The van der Waals surface area contributed by atoms with Gasteiger partial charge in [0.25, 0.3) is 0 Å². The third-order valence-electron chi connectivity index (χ3n) is 5.47. The summed E-state index contributed by atoms with van der Waals surface area (Å²) in [5, 5.41) is 29.4. The van der Waals surface area contributed by atoms with Gasteiger partial charge in [-0.15, -0.1) is 10.2 Å². The lowest BCUT2D eigenvalue weighted by Gasteiger charge is -2.26. The number of sulfonamides is 1. The molecule has 1 fully saturated rings. The van der Waals surface area contributed by atoms with E-state index in [9.17, 15) is 13.5 Å². The fourth-order valence-corrected chi connectivity index (χ4v) is 4.54. The van der Waals surface area contributed by atoms with Crippen LogP contribution in [0.25, 0.3) is 22.5 Å². The minimum absolute atomic E-state index is 0.0851. The molecule has 10 nitrogen and oxygen atoms in total. The molecule has 0 spiro atoms. The van der Waals surface area contributed by atoms with Crippen LogP contribution in [-0.4, -0.2) is 57.8 Å². The molecule has 4 N–H and O–H groups in total. The molecule has 4 rings (SSSR count). The molecule has 158 valence electrons. The molecule has 1 aromatic carbocycles. The summed E-state index contributed by atoms with van der Waals surface area (Å²) < 4.78 is 24.2. The zero-order chi connectivity index (χ0) is 21.5. The van der Waals surface area contributed by atoms with Crippen LogP contribution < -0.4 is 10.0 Å². The first kappa shape index (κ1) is 20.4. The lowest BCUT2D eigenvalue weighted by molar-refractivity contribution is 0.0263. The summed E-state index contributed by atoms with van der Waals surface area (Å²) in [7, 11) is -4.01. The smallest absolute Gasteiger partial charge is 0.238 e. The van der Waals surface area contributed by atoms with Crippen molar-refractivity contribution in [2.75, 3.05) is 18.0 Å². The van der Waals surface area contributed by atoms with Crippen LogP contribution in [-0.2, 0) is 10.0 Å². The molecule has 11 heteroatoms. The van der Waals surface area contributed by atoms with Crippen LogP contribution in [0.5, 0.6) is 0 Å². The van der Waals surface area contributed by atoms with Gasteiger partial charge in [0.05, 0.1) is 16.1 Å². The molecule has 1 aliphatic heterocycles. The van der Waals surface area contributed by atoms with Crippen molar-refractivity contribution in [1.82, 2.24) is 25.6 Å². The largest absolute Gasteiger partial charge is 0.390 e. The molecule has 1 saturated heterocycles. The number of aromatic nitrogens is 5. The molecule has 0 aliphatic carbocycles. The molecular weight excluding hydrogens is 406 g/mol. The molecule has 0 amide bonds. The number of hydrogen-bond acceptors (Lipinski definition) is 8. The SMILES string of the molecule is CC(C)(O)C1CCN(c2ccc(-c3cccc(S(N)(=O)=O)c3-c3nn[nH]n3)cn2)C1. The highest BCUT2D eigenvalue weighted by Gasteiger charge is 2.34. The molecule has 3 heterocycles. The third-order valence-corrected chi connectivity index (χ3v) is 6.43. The predicted molar refractivity (Wildman–Crippen MR) is 111 cm³/mol. The molecule has 0 radical (unpaired) electrons. The van der Waals surface area contributed by atoms with E-state index in [1.165, 1.54) is 6.07 Å². The number of aromatic amines is 1. The first-order valence-corrected chi connectivity index (χ1v) is 11.0. The highest BCUT2D eigenvalue weighted by Crippen LogP contribution is 2.35. The van der Waals surface area contributed by atoms with Gasteiger partial charge in [-0.2, -0.15) is 5.21 Å². The maximum atomic E-state index is 12.1. The van der Waals surface area contributed by atoms with E-state index in [0.717, 1.165) is 25.3 Å². The average Bonchev–Trinajstić information content (AvgIpc) is 3.39. The predicted octanol–water partition coefficient (Wildman–Crippen LogP) is 1.17. The maximum Gasteiger partial charge on any atom is 0.238 e. The van der Waals surface area contributed by atoms with Crippen molar-refractivity contribution >= 4 is 15.8 Å². The molecule has 3 aromatic rings. The summed E-state index contributed by atoms with van der Waals surface area (Å²) in [5.41, 5.74) is 0.814. The first-order chi connectivity index (χ1) is 14.1. The van der Waals surface area contributed by atoms with Crippen LogP contribution in [0, 0.1) is 5.92 Å². The van der Waals surface area contributed by atoms with Crippen molar-refractivity contribution in [3.63, 3.8) is 0 Å². The lowest BCUT2D eigenvalue weighted by atomic mass is 9.90. The molecule has 1 aliphatic rings. The average molecular weight is 430 g/mol. The van der Waals surface area contributed by atoms with E-state index in [1.807, 2.05) is 26.0 Å². The standard InChI is InChI=1S/C19H23N7O3S/c1-19(2,27)13-8-9-26(11-13)16-7-6-12(10-21-16)14-4-3-5-15(30(20,28)29)17(14)18-22-24-25-23-18/h3-7,10,13,27H,8-9,11H2,1-2H3,(H2,20,28,29)(H,22,23,24,25). The van der Waals surface area contributed by atoms with Crippen molar-refractivity contribution in [2.24, 2.45) is 11.1 Å². The summed E-state index contributed by atoms with van der Waals surface area (Å²) in [6, 6.07) is 8.53. The minimum atomic E-state index is -4.01. The highest BCUT2D eigenvalue weighted by molar-refractivity contribution is 7.89. The fourth-order valence-electron chi connectivity index (χ4n) is 3.78.